The molecule has 0 radical (unpaired) electrons. The monoisotopic (exact) mass is 296 g/mol. The Bertz CT molecular complexity index is 754. The molecule has 116 valence electrons. The van der Waals surface area contributed by atoms with Gasteiger partial charge in [-0.1, -0.05) is 13.8 Å². The minimum absolute atomic E-state index is 0.0149. The summed E-state index contributed by atoms with van der Waals surface area (Å²) in [7, 11) is 3.01. The van der Waals surface area contributed by atoms with Gasteiger partial charge in [0.05, 0.1) is 0 Å². The van der Waals surface area contributed by atoms with Crippen molar-refractivity contribution < 1.29 is 9.90 Å². The Hall–Kier alpha value is -2.22. The first-order valence-corrected chi connectivity index (χ1v) is 6.31. The van der Waals surface area contributed by atoms with Gasteiger partial charge in [-0.2, -0.15) is 0 Å². The number of aliphatic hydroxyl groups is 1. The molecule has 0 fully saturated rings. The van der Waals surface area contributed by atoms with E-state index in [1.807, 2.05) is 20.6 Å². The Morgan fingerprint density at radius 3 is 2.33 bits per heavy atom. The second-order valence-corrected chi connectivity index (χ2v) is 5.59. The molecule has 0 amide bonds. The summed E-state index contributed by atoms with van der Waals surface area (Å²) in [5.74, 6) is 0.590. The number of imidazole rings is 1. The predicted molar refractivity (Wildman–Crippen MR) is 78.3 cm³/mol. The maximum atomic E-state index is 12.0. The molecule has 8 nitrogen and oxygen atoms in total. The van der Waals surface area contributed by atoms with E-state index in [1.165, 1.54) is 11.6 Å². The van der Waals surface area contributed by atoms with E-state index in [2.05, 4.69) is 9.97 Å². The van der Waals surface area contributed by atoms with Crippen LogP contribution in [0.1, 0.15) is 19.7 Å². The molecule has 0 unspecified atom stereocenters. The van der Waals surface area contributed by atoms with Gasteiger partial charge in [-0.3, -0.25) is 13.9 Å². The van der Waals surface area contributed by atoms with Crippen LogP contribution in [0.5, 0.6) is 0 Å². The highest BCUT2D eigenvalue weighted by Crippen LogP contribution is 2.20. The Labute approximate surface area is 121 Å². The number of aliphatic hydroxyl groups excluding tert-OH is 1. The first-order chi connectivity index (χ1) is 9.76. The van der Waals surface area contributed by atoms with Crippen LogP contribution < -0.4 is 11.2 Å². The molecule has 0 aliphatic carbocycles. The van der Waals surface area contributed by atoms with Crippen LogP contribution in [0.15, 0.2) is 9.59 Å². The number of carbonyl (C=O) groups is 1. The van der Waals surface area contributed by atoms with Crippen LogP contribution in [-0.2, 0) is 25.3 Å². The molecule has 0 bridgehead atoms. The number of nitrogens with one attached hydrogen (secondary N) is 1. The molecule has 2 aromatic heterocycles. The first kappa shape index (κ1) is 16.8. The van der Waals surface area contributed by atoms with Crippen molar-refractivity contribution in [1.82, 2.24) is 19.1 Å². The van der Waals surface area contributed by atoms with E-state index >= 15 is 0 Å². The Kier molecular flexibility index (Phi) is 4.84. The smallest absolute Gasteiger partial charge is 0.332 e. The van der Waals surface area contributed by atoms with Gasteiger partial charge in [0, 0.05) is 27.1 Å². The van der Waals surface area contributed by atoms with E-state index < -0.39 is 11.2 Å². The van der Waals surface area contributed by atoms with Gasteiger partial charge in [0.25, 0.3) is 5.56 Å². The van der Waals surface area contributed by atoms with E-state index in [9.17, 15) is 14.7 Å². The van der Waals surface area contributed by atoms with E-state index in [0.29, 0.717) is 23.4 Å². The first-order valence-electron chi connectivity index (χ1n) is 6.31. The zero-order chi connectivity index (χ0) is 16.4. The molecule has 21 heavy (non-hydrogen) atoms. The fraction of sp³-hybridized carbons (Fsp3) is 0.538. The molecule has 0 aliphatic rings. The van der Waals surface area contributed by atoms with Crippen LogP contribution in [0, 0.1) is 5.41 Å². The van der Waals surface area contributed by atoms with Crippen molar-refractivity contribution >= 4 is 18.0 Å². The lowest BCUT2D eigenvalue weighted by Gasteiger charge is -2.19. The van der Waals surface area contributed by atoms with Gasteiger partial charge in [-0.05, 0) is 5.41 Å². The third-order valence-corrected chi connectivity index (χ3v) is 3.22. The molecule has 2 aromatic rings. The highest BCUT2D eigenvalue weighted by Gasteiger charge is 2.21. The fourth-order valence-corrected chi connectivity index (χ4v) is 1.97. The molecule has 8 heteroatoms. The lowest BCUT2D eigenvalue weighted by Crippen LogP contribution is -2.36. The van der Waals surface area contributed by atoms with Gasteiger partial charge in [0.15, 0.2) is 5.65 Å². The van der Waals surface area contributed by atoms with Gasteiger partial charge in [0.2, 0.25) is 0 Å². The summed E-state index contributed by atoms with van der Waals surface area (Å²) < 4.78 is 2.38. The number of hydrogen-bond donors (Lipinski definition) is 2. The number of carbonyl (C=O) groups excluding carboxylic acids is 1. The second-order valence-electron chi connectivity index (χ2n) is 5.59. The highest BCUT2D eigenvalue weighted by molar-refractivity contribution is 5.69. The minimum Gasteiger partial charge on any atom is -0.396 e. The number of aryl methyl sites for hydroxylation is 1. The van der Waals surface area contributed by atoms with Crippen molar-refractivity contribution in [2.24, 2.45) is 19.5 Å². The number of H-pyrrole nitrogens is 1. The van der Waals surface area contributed by atoms with E-state index in [-0.39, 0.29) is 12.0 Å². The fourth-order valence-electron chi connectivity index (χ4n) is 1.97. The van der Waals surface area contributed by atoms with Crippen molar-refractivity contribution in [2.45, 2.75) is 20.3 Å². The average Bonchev–Trinajstić information content (AvgIpc) is 2.88. The van der Waals surface area contributed by atoms with Gasteiger partial charge < -0.3 is 14.9 Å². The topological polar surface area (TPSA) is 110 Å². The number of rotatable bonds is 3. The van der Waals surface area contributed by atoms with Crippen molar-refractivity contribution in [1.29, 1.82) is 0 Å². The van der Waals surface area contributed by atoms with Crippen LogP contribution in [0.25, 0.3) is 11.2 Å². The lowest BCUT2D eigenvalue weighted by molar-refractivity contribution is -0.0979. The summed E-state index contributed by atoms with van der Waals surface area (Å²) >= 11 is 0. The third-order valence-electron chi connectivity index (χ3n) is 3.22. The molecule has 2 N–H and O–H groups in total. The molecule has 0 saturated heterocycles. The van der Waals surface area contributed by atoms with E-state index in [4.69, 9.17) is 4.79 Å². The third kappa shape index (κ3) is 3.10. The SMILES string of the molecule is C=O.Cn1c(=O)c2[nH]c(CC(C)(C)CO)nc2n(C)c1=O. The highest BCUT2D eigenvalue weighted by atomic mass is 16.3. The quantitative estimate of drug-likeness (QED) is 0.781. The predicted octanol–water partition coefficient (Wildman–Crippen LogP) is -0.664. The molecule has 0 atom stereocenters. The standard InChI is InChI=1S/C12H18N4O3.CH2O/c1-12(2,6-17)5-7-13-8-9(14-7)15(3)11(19)16(4)10(8)18;1-2/h17H,5-6H2,1-4H3,(H,13,14);1H2. The summed E-state index contributed by atoms with van der Waals surface area (Å²) in [4.78, 5) is 39.0. The molecule has 0 spiro atoms. The van der Waals surface area contributed by atoms with E-state index in [0.717, 1.165) is 4.57 Å². The maximum Gasteiger partial charge on any atom is 0.332 e. The van der Waals surface area contributed by atoms with Crippen molar-refractivity contribution in [3.05, 3.63) is 26.7 Å². The minimum atomic E-state index is -0.406. The van der Waals surface area contributed by atoms with Gasteiger partial charge in [-0.25, -0.2) is 9.78 Å². The molecule has 2 heterocycles. The van der Waals surface area contributed by atoms with Crippen LogP contribution >= 0.6 is 0 Å². The van der Waals surface area contributed by atoms with Crippen molar-refractivity contribution in [3.63, 3.8) is 0 Å². The van der Waals surface area contributed by atoms with Crippen molar-refractivity contribution in [3.8, 4) is 0 Å². The number of fused-ring (bicyclic) bond motifs is 1. The van der Waals surface area contributed by atoms with Crippen LogP contribution in [0.3, 0.4) is 0 Å². The molecular weight excluding hydrogens is 276 g/mol. The normalized spacial score (nSPS) is 11.3. The van der Waals surface area contributed by atoms with Gasteiger partial charge >= 0.3 is 5.69 Å². The second kappa shape index (κ2) is 6.04. The Morgan fingerprint density at radius 1 is 1.24 bits per heavy atom. The van der Waals surface area contributed by atoms with Crippen LogP contribution in [-0.4, -0.2) is 37.6 Å². The number of hydrogen-bond acceptors (Lipinski definition) is 5. The average molecular weight is 296 g/mol. The zero-order valence-corrected chi connectivity index (χ0v) is 12.6. The Morgan fingerprint density at radius 2 is 1.81 bits per heavy atom. The summed E-state index contributed by atoms with van der Waals surface area (Å²) in [5.41, 5.74) is -0.473. The van der Waals surface area contributed by atoms with E-state index in [1.54, 1.807) is 7.05 Å². The molecule has 2 rings (SSSR count). The number of nitrogens with zero attached hydrogens (tertiary/aromatic N) is 3. The molecule has 0 aromatic carbocycles. The Balaban J connectivity index is 0.00000106. The number of aromatic amines is 1. The zero-order valence-electron chi connectivity index (χ0n) is 12.6. The van der Waals surface area contributed by atoms with Crippen molar-refractivity contribution in [2.75, 3.05) is 6.61 Å². The molecule has 0 aliphatic heterocycles. The largest absolute Gasteiger partial charge is 0.396 e. The van der Waals surface area contributed by atoms with Gasteiger partial charge in [0.1, 0.15) is 18.1 Å². The van der Waals surface area contributed by atoms with Gasteiger partial charge in [-0.15, -0.1) is 0 Å². The number of aromatic nitrogens is 4. The lowest BCUT2D eigenvalue weighted by atomic mass is 9.90. The summed E-state index contributed by atoms with van der Waals surface area (Å²) in [6.07, 6.45) is 0.496. The summed E-state index contributed by atoms with van der Waals surface area (Å²) in [5, 5.41) is 9.26. The maximum absolute atomic E-state index is 12.0. The molecular formula is C13H20N4O4. The van der Waals surface area contributed by atoms with Crippen LogP contribution in [0.2, 0.25) is 0 Å². The summed E-state index contributed by atoms with van der Waals surface area (Å²) in [6.45, 7) is 5.82. The molecule has 0 saturated carbocycles. The van der Waals surface area contributed by atoms with Crippen LogP contribution in [0.4, 0.5) is 0 Å². The summed E-state index contributed by atoms with van der Waals surface area (Å²) in [6, 6.07) is 0.